The minimum atomic E-state index is -0.457. The van der Waals surface area contributed by atoms with Gasteiger partial charge in [-0.2, -0.15) is 5.10 Å². The van der Waals surface area contributed by atoms with Crippen LogP contribution >= 0.6 is 15.9 Å². The van der Waals surface area contributed by atoms with E-state index in [-0.39, 0.29) is 0 Å². The first kappa shape index (κ1) is 18.4. The second kappa shape index (κ2) is 7.34. The Balaban J connectivity index is 1.46. The Bertz CT molecular complexity index is 1400. The highest BCUT2D eigenvalue weighted by Crippen LogP contribution is 2.32. The molecular formula is C21H14BrFN6O. The lowest BCUT2D eigenvalue weighted by molar-refractivity contribution is 0.473. The molecule has 7 nitrogen and oxygen atoms in total. The SMILES string of the molecule is Cc1cc(Nc2ncnc3ccc(Br)cc23)c(F)cc1Oc1ccn2ncnc2c1. The number of hydrogen-bond donors (Lipinski definition) is 1. The van der Waals surface area contributed by atoms with Gasteiger partial charge in [0.15, 0.2) is 5.65 Å². The number of anilines is 2. The molecule has 5 rings (SSSR count). The predicted molar refractivity (Wildman–Crippen MR) is 115 cm³/mol. The van der Waals surface area contributed by atoms with Crippen molar-refractivity contribution in [2.24, 2.45) is 0 Å². The average Bonchev–Trinajstić information content (AvgIpc) is 3.20. The number of ether oxygens (including phenoxy) is 1. The number of aromatic nitrogens is 5. The van der Waals surface area contributed by atoms with E-state index in [1.54, 1.807) is 28.9 Å². The van der Waals surface area contributed by atoms with E-state index >= 15 is 0 Å². The standard InChI is InChI=1S/C21H14BrFN6O/c1-12-6-18(28-21-15-7-13(22)2-3-17(15)24-10-26-21)16(23)9-19(12)30-14-4-5-29-20(8-14)25-11-27-29/h2-11H,1H3,(H,24,26,28). The van der Waals surface area contributed by atoms with E-state index in [2.05, 4.69) is 41.3 Å². The predicted octanol–water partition coefficient (Wildman–Crippen LogP) is 5.42. The summed E-state index contributed by atoms with van der Waals surface area (Å²) in [6.07, 6.45) is 4.64. The fourth-order valence-corrected chi connectivity index (χ4v) is 3.47. The number of nitrogens with one attached hydrogen (secondary N) is 1. The number of nitrogens with zero attached hydrogens (tertiary/aromatic N) is 5. The second-order valence-corrected chi connectivity index (χ2v) is 7.55. The van der Waals surface area contributed by atoms with Crippen molar-refractivity contribution in [1.82, 2.24) is 24.6 Å². The van der Waals surface area contributed by atoms with Gasteiger partial charge in [-0.3, -0.25) is 0 Å². The van der Waals surface area contributed by atoms with Crippen molar-refractivity contribution < 1.29 is 9.13 Å². The summed E-state index contributed by atoms with van der Waals surface area (Å²) < 4.78 is 23.3. The van der Waals surface area contributed by atoms with Crippen LogP contribution in [-0.2, 0) is 0 Å². The first-order chi connectivity index (χ1) is 14.6. The van der Waals surface area contributed by atoms with Gasteiger partial charge in [-0.05, 0) is 42.8 Å². The van der Waals surface area contributed by atoms with E-state index in [1.807, 2.05) is 25.1 Å². The fourth-order valence-electron chi connectivity index (χ4n) is 3.11. The molecule has 0 saturated heterocycles. The number of pyridine rings is 1. The smallest absolute Gasteiger partial charge is 0.158 e. The van der Waals surface area contributed by atoms with E-state index in [0.29, 0.717) is 28.7 Å². The van der Waals surface area contributed by atoms with Crippen molar-refractivity contribution in [1.29, 1.82) is 0 Å². The Morgan fingerprint density at radius 2 is 1.93 bits per heavy atom. The number of aryl methyl sites for hydroxylation is 1. The van der Waals surface area contributed by atoms with E-state index in [4.69, 9.17) is 4.74 Å². The first-order valence-electron chi connectivity index (χ1n) is 9.01. The van der Waals surface area contributed by atoms with Crippen LogP contribution in [-0.4, -0.2) is 24.6 Å². The van der Waals surface area contributed by atoms with Crippen molar-refractivity contribution in [3.8, 4) is 11.5 Å². The van der Waals surface area contributed by atoms with Crippen LogP contribution in [0, 0.1) is 12.7 Å². The summed E-state index contributed by atoms with van der Waals surface area (Å²) in [5.74, 6) is 1.02. The van der Waals surface area contributed by atoms with Gasteiger partial charge in [0.2, 0.25) is 0 Å². The van der Waals surface area contributed by atoms with E-state index in [0.717, 1.165) is 20.9 Å². The maximum Gasteiger partial charge on any atom is 0.158 e. The molecule has 0 amide bonds. The van der Waals surface area contributed by atoms with Crippen molar-refractivity contribution in [2.45, 2.75) is 6.92 Å². The van der Waals surface area contributed by atoms with Crippen LogP contribution in [0.5, 0.6) is 11.5 Å². The molecule has 0 aliphatic heterocycles. The number of fused-ring (bicyclic) bond motifs is 2. The molecule has 148 valence electrons. The molecule has 5 aromatic rings. The van der Waals surface area contributed by atoms with Gasteiger partial charge in [-0.15, -0.1) is 0 Å². The quantitative estimate of drug-likeness (QED) is 0.382. The van der Waals surface area contributed by atoms with E-state index in [9.17, 15) is 4.39 Å². The highest BCUT2D eigenvalue weighted by Gasteiger charge is 2.13. The molecule has 0 atom stereocenters. The summed E-state index contributed by atoms with van der Waals surface area (Å²) in [7, 11) is 0. The normalized spacial score (nSPS) is 11.2. The van der Waals surface area contributed by atoms with Crippen LogP contribution < -0.4 is 10.1 Å². The maximum absolute atomic E-state index is 14.9. The van der Waals surface area contributed by atoms with Gasteiger partial charge in [0.25, 0.3) is 0 Å². The zero-order chi connectivity index (χ0) is 20.7. The molecule has 0 bridgehead atoms. The van der Waals surface area contributed by atoms with Crippen molar-refractivity contribution in [2.75, 3.05) is 5.32 Å². The van der Waals surface area contributed by atoms with Crippen LogP contribution in [0.1, 0.15) is 5.56 Å². The first-order valence-corrected chi connectivity index (χ1v) is 9.81. The molecule has 30 heavy (non-hydrogen) atoms. The van der Waals surface area contributed by atoms with Crippen molar-refractivity contribution in [3.05, 3.63) is 77.2 Å². The number of rotatable bonds is 4. The third-order valence-corrected chi connectivity index (χ3v) is 5.09. The molecule has 3 aromatic heterocycles. The number of benzene rings is 2. The average molecular weight is 465 g/mol. The lowest BCUT2D eigenvalue weighted by Gasteiger charge is -2.14. The number of halogens is 2. The zero-order valence-electron chi connectivity index (χ0n) is 15.7. The van der Waals surface area contributed by atoms with Crippen molar-refractivity contribution >= 4 is 44.0 Å². The van der Waals surface area contributed by atoms with Crippen molar-refractivity contribution in [3.63, 3.8) is 0 Å². The molecule has 9 heteroatoms. The van der Waals surface area contributed by atoms with Crippen LogP contribution in [0.15, 0.2) is 65.8 Å². The minimum absolute atomic E-state index is 0.299. The molecule has 0 aliphatic rings. The maximum atomic E-state index is 14.9. The highest BCUT2D eigenvalue weighted by molar-refractivity contribution is 9.10. The van der Waals surface area contributed by atoms with Gasteiger partial charge in [0.05, 0.1) is 11.2 Å². The summed E-state index contributed by atoms with van der Waals surface area (Å²) in [5.41, 5.74) is 2.47. The molecule has 0 radical (unpaired) electrons. The van der Waals surface area contributed by atoms with Gasteiger partial charge >= 0.3 is 0 Å². The van der Waals surface area contributed by atoms with Crippen LogP contribution in [0.25, 0.3) is 16.6 Å². The summed E-state index contributed by atoms with van der Waals surface area (Å²) >= 11 is 3.45. The van der Waals surface area contributed by atoms with E-state index < -0.39 is 5.82 Å². The third kappa shape index (κ3) is 3.43. The molecule has 2 aromatic carbocycles. The van der Waals surface area contributed by atoms with Gasteiger partial charge in [0.1, 0.15) is 35.8 Å². The Morgan fingerprint density at radius 3 is 2.83 bits per heavy atom. The third-order valence-electron chi connectivity index (χ3n) is 4.60. The summed E-state index contributed by atoms with van der Waals surface area (Å²) in [6.45, 7) is 1.85. The topological polar surface area (TPSA) is 77.2 Å². The molecule has 0 aliphatic carbocycles. The highest BCUT2D eigenvalue weighted by atomic mass is 79.9. The van der Waals surface area contributed by atoms with E-state index in [1.165, 1.54) is 18.7 Å². The van der Waals surface area contributed by atoms with Crippen LogP contribution in [0.2, 0.25) is 0 Å². The molecule has 1 N–H and O–H groups in total. The lowest BCUT2D eigenvalue weighted by Crippen LogP contribution is -2.00. The zero-order valence-corrected chi connectivity index (χ0v) is 17.3. The van der Waals surface area contributed by atoms with Crippen LogP contribution in [0.4, 0.5) is 15.9 Å². The largest absolute Gasteiger partial charge is 0.457 e. The summed E-state index contributed by atoms with van der Waals surface area (Å²) in [6, 6.07) is 12.2. The second-order valence-electron chi connectivity index (χ2n) is 6.63. The lowest BCUT2D eigenvalue weighted by atomic mass is 10.1. The molecule has 0 saturated carbocycles. The van der Waals surface area contributed by atoms with Gasteiger partial charge < -0.3 is 10.1 Å². The molecule has 0 spiro atoms. The van der Waals surface area contributed by atoms with Gasteiger partial charge in [-0.25, -0.2) is 23.9 Å². The molecular weight excluding hydrogens is 451 g/mol. The fraction of sp³-hybridized carbons (Fsp3) is 0.0476. The Morgan fingerprint density at radius 1 is 1.03 bits per heavy atom. The minimum Gasteiger partial charge on any atom is -0.457 e. The molecule has 0 fully saturated rings. The van der Waals surface area contributed by atoms with Gasteiger partial charge in [-0.1, -0.05) is 15.9 Å². The monoisotopic (exact) mass is 464 g/mol. The molecule has 3 heterocycles. The number of hydrogen-bond acceptors (Lipinski definition) is 6. The Kier molecular flexibility index (Phi) is 4.51. The van der Waals surface area contributed by atoms with Crippen LogP contribution in [0.3, 0.4) is 0 Å². The summed E-state index contributed by atoms with van der Waals surface area (Å²) in [5, 5.41) is 7.90. The Labute approximate surface area is 178 Å². The summed E-state index contributed by atoms with van der Waals surface area (Å²) in [4.78, 5) is 12.6. The van der Waals surface area contributed by atoms with Gasteiger partial charge in [0, 0.05) is 28.2 Å². The Hall–Kier alpha value is -3.59. The molecule has 0 unspecified atom stereocenters.